The summed E-state index contributed by atoms with van der Waals surface area (Å²) in [5.41, 5.74) is 7.85. The molecule has 22 heavy (non-hydrogen) atoms. The number of benzene rings is 1. The van der Waals surface area contributed by atoms with Gasteiger partial charge in [0.25, 0.3) is 0 Å². The number of methoxy groups -OCH3 is 2. The highest BCUT2D eigenvalue weighted by Gasteiger charge is 2.17. The number of carbonyl (C=O) groups is 1. The lowest BCUT2D eigenvalue weighted by molar-refractivity contribution is 0.0597. The van der Waals surface area contributed by atoms with Crippen molar-refractivity contribution >= 4 is 25.7 Å². The van der Waals surface area contributed by atoms with Crippen LogP contribution in [-0.2, 0) is 4.74 Å². The maximum atomic E-state index is 11.8. The molecule has 1 fully saturated rings. The number of ether oxygens (including phenoxy) is 2. The fourth-order valence-corrected chi connectivity index (χ4v) is 3.81. The molecule has 1 aliphatic heterocycles. The van der Waals surface area contributed by atoms with E-state index >= 15 is 0 Å². The molecule has 5 nitrogen and oxygen atoms in total. The van der Waals surface area contributed by atoms with Crippen LogP contribution in [0.5, 0.6) is 5.75 Å². The van der Waals surface area contributed by atoms with E-state index in [0.29, 0.717) is 17.0 Å². The molecule has 0 spiro atoms. The highest BCUT2D eigenvalue weighted by molar-refractivity contribution is 7.39. The number of anilines is 1. The summed E-state index contributed by atoms with van der Waals surface area (Å²) in [6.45, 7) is 2.20. The third-order valence-corrected chi connectivity index (χ3v) is 5.05. The molecule has 0 bridgehead atoms. The summed E-state index contributed by atoms with van der Waals surface area (Å²) in [5, 5.41) is 3.37. The van der Waals surface area contributed by atoms with Crippen molar-refractivity contribution in [2.45, 2.75) is 12.8 Å². The normalized spacial score (nSPS) is 15.9. The topological polar surface area (TPSA) is 73.6 Å². The highest BCUT2D eigenvalue weighted by atomic mass is 31.1. The molecule has 0 radical (unpaired) electrons. The Morgan fingerprint density at radius 3 is 2.77 bits per heavy atom. The smallest absolute Gasteiger partial charge is 0.341 e. The van der Waals surface area contributed by atoms with E-state index in [9.17, 15) is 4.79 Å². The van der Waals surface area contributed by atoms with E-state index in [2.05, 4.69) is 5.32 Å². The minimum Gasteiger partial charge on any atom is -0.495 e. The lowest BCUT2D eigenvalue weighted by Gasteiger charge is -2.20. The van der Waals surface area contributed by atoms with Crippen molar-refractivity contribution in [3.8, 4) is 5.75 Å². The molecule has 0 amide bonds. The first-order valence-corrected chi connectivity index (χ1v) is 8.57. The number of esters is 1. The lowest BCUT2D eigenvalue weighted by atomic mass is 10.0. The zero-order valence-corrected chi connectivity index (χ0v) is 14.0. The summed E-state index contributed by atoms with van der Waals surface area (Å²) in [4.78, 5) is 11.8. The molecule has 0 unspecified atom stereocenters. The number of nitrogens with two attached hydrogens (primary N) is 1. The number of nitrogen functional groups attached to an aromatic ring is 1. The second-order valence-corrected chi connectivity index (χ2v) is 6.32. The van der Waals surface area contributed by atoms with E-state index in [1.165, 1.54) is 28.2 Å². The second kappa shape index (κ2) is 8.16. The fourth-order valence-electron chi connectivity index (χ4n) is 2.60. The molecule has 120 valence electrons. The molecule has 3 N–H and O–H groups in total. The average molecular weight is 322 g/mol. The van der Waals surface area contributed by atoms with Gasteiger partial charge in [0.15, 0.2) is 0 Å². The maximum Gasteiger partial charge on any atom is 0.341 e. The first-order chi connectivity index (χ1) is 10.7. The summed E-state index contributed by atoms with van der Waals surface area (Å²) in [5.74, 6) is 2.86. The number of rotatable bonds is 5. The van der Waals surface area contributed by atoms with Gasteiger partial charge in [0.05, 0.1) is 14.2 Å². The van der Waals surface area contributed by atoms with Crippen molar-refractivity contribution < 1.29 is 14.3 Å². The molecule has 1 saturated heterocycles. The second-order valence-electron chi connectivity index (χ2n) is 5.33. The van der Waals surface area contributed by atoms with Crippen LogP contribution in [0.15, 0.2) is 12.1 Å². The SMILES string of the molecule is COC(=O)c1ccc(N)c(C=PCC2CCNCC2)c1OC. The first-order valence-electron chi connectivity index (χ1n) is 7.42. The van der Waals surface area contributed by atoms with Gasteiger partial charge in [0.2, 0.25) is 0 Å². The lowest BCUT2D eigenvalue weighted by Crippen LogP contribution is -2.28. The van der Waals surface area contributed by atoms with Gasteiger partial charge >= 0.3 is 5.97 Å². The van der Waals surface area contributed by atoms with Gasteiger partial charge in [-0.05, 0) is 55.9 Å². The molecule has 1 aromatic carbocycles. The Kier molecular flexibility index (Phi) is 6.22. The van der Waals surface area contributed by atoms with Gasteiger partial charge in [-0.2, -0.15) is 0 Å². The summed E-state index contributed by atoms with van der Waals surface area (Å²) in [6.07, 6.45) is 3.54. The molecule has 1 aliphatic rings. The largest absolute Gasteiger partial charge is 0.495 e. The van der Waals surface area contributed by atoms with Crippen LogP contribution in [0.4, 0.5) is 5.69 Å². The number of piperidine rings is 1. The summed E-state index contributed by atoms with van der Waals surface area (Å²) in [7, 11) is 4.09. The van der Waals surface area contributed by atoms with E-state index in [1.807, 2.05) is 5.80 Å². The fraction of sp³-hybridized carbons (Fsp3) is 0.500. The molecule has 1 aromatic rings. The van der Waals surface area contributed by atoms with Crippen LogP contribution < -0.4 is 15.8 Å². The zero-order valence-electron chi connectivity index (χ0n) is 13.1. The van der Waals surface area contributed by atoms with Crippen LogP contribution in [0.1, 0.15) is 28.8 Å². The maximum absolute atomic E-state index is 11.8. The van der Waals surface area contributed by atoms with Crippen LogP contribution in [0.25, 0.3) is 0 Å². The van der Waals surface area contributed by atoms with E-state index in [-0.39, 0.29) is 0 Å². The average Bonchev–Trinajstić information content (AvgIpc) is 2.56. The number of nitrogens with one attached hydrogen (secondary N) is 1. The Morgan fingerprint density at radius 1 is 1.41 bits per heavy atom. The molecule has 0 saturated carbocycles. The first kappa shape index (κ1) is 16.8. The van der Waals surface area contributed by atoms with Gasteiger partial charge in [0.1, 0.15) is 11.3 Å². The van der Waals surface area contributed by atoms with E-state index < -0.39 is 5.97 Å². The Labute approximate surface area is 133 Å². The van der Waals surface area contributed by atoms with Gasteiger partial charge in [-0.1, -0.05) is 0 Å². The zero-order chi connectivity index (χ0) is 15.9. The molecular weight excluding hydrogens is 299 g/mol. The summed E-state index contributed by atoms with van der Waals surface area (Å²) < 4.78 is 10.2. The minimum absolute atomic E-state index is 0.405. The molecule has 0 aromatic heterocycles. The van der Waals surface area contributed by atoms with Gasteiger partial charge in [-0.3, -0.25) is 0 Å². The van der Waals surface area contributed by atoms with Crippen molar-refractivity contribution in [1.82, 2.24) is 5.32 Å². The molecule has 2 rings (SSSR count). The summed E-state index contributed by atoms with van der Waals surface area (Å²) >= 11 is 0. The molecule has 0 atom stereocenters. The van der Waals surface area contributed by atoms with Gasteiger partial charge in [-0.15, -0.1) is 8.20 Å². The standard InChI is InChI=1S/C16H23N2O3P/c1-20-15-12(16(19)21-2)3-4-14(17)13(15)10-22-9-11-5-7-18-8-6-11/h3-4,10-11,18H,5-9,17H2,1-2H3. The molecule has 6 heteroatoms. The minimum atomic E-state index is -0.415. The Morgan fingerprint density at radius 2 is 2.14 bits per heavy atom. The molecular formula is C16H23N2O3P. The van der Waals surface area contributed by atoms with Crippen molar-refractivity contribution in [2.24, 2.45) is 5.92 Å². The molecule has 1 heterocycles. The van der Waals surface area contributed by atoms with Crippen molar-refractivity contribution in [1.29, 1.82) is 0 Å². The van der Waals surface area contributed by atoms with E-state index in [1.54, 1.807) is 19.2 Å². The van der Waals surface area contributed by atoms with Crippen LogP contribution in [-0.4, -0.2) is 45.2 Å². The Balaban J connectivity index is 2.19. The van der Waals surface area contributed by atoms with Crippen molar-refractivity contribution in [3.05, 3.63) is 23.3 Å². The van der Waals surface area contributed by atoms with Gasteiger partial charge in [0, 0.05) is 11.3 Å². The predicted molar refractivity (Wildman–Crippen MR) is 91.3 cm³/mol. The molecule has 0 aliphatic carbocycles. The van der Waals surface area contributed by atoms with Crippen LogP contribution >= 0.6 is 8.20 Å². The van der Waals surface area contributed by atoms with E-state index in [4.69, 9.17) is 15.2 Å². The van der Waals surface area contributed by atoms with Crippen LogP contribution in [0.2, 0.25) is 0 Å². The highest BCUT2D eigenvalue weighted by Crippen LogP contribution is 2.29. The monoisotopic (exact) mass is 322 g/mol. The third kappa shape index (κ3) is 3.99. The predicted octanol–water partition coefficient (Wildman–Crippen LogP) is 2.16. The van der Waals surface area contributed by atoms with Crippen LogP contribution in [0, 0.1) is 5.92 Å². The summed E-state index contributed by atoms with van der Waals surface area (Å²) in [6, 6.07) is 3.36. The van der Waals surface area contributed by atoms with Gasteiger partial charge < -0.3 is 20.5 Å². The number of hydrogen-bond acceptors (Lipinski definition) is 5. The van der Waals surface area contributed by atoms with Crippen LogP contribution in [0.3, 0.4) is 0 Å². The third-order valence-electron chi connectivity index (χ3n) is 3.88. The quantitative estimate of drug-likeness (QED) is 0.494. The number of carbonyl (C=O) groups excluding carboxylic acids is 1. The van der Waals surface area contributed by atoms with Gasteiger partial charge in [-0.25, -0.2) is 4.79 Å². The Hall–Kier alpha value is -1.58. The Bertz CT molecular complexity index is 555. The van der Waals surface area contributed by atoms with Crippen molar-refractivity contribution in [3.63, 3.8) is 0 Å². The van der Waals surface area contributed by atoms with Crippen molar-refractivity contribution in [2.75, 3.05) is 39.2 Å². The number of hydrogen-bond donors (Lipinski definition) is 2. The van der Waals surface area contributed by atoms with E-state index in [0.717, 1.165) is 30.7 Å².